The van der Waals surface area contributed by atoms with Gasteiger partial charge in [-0.15, -0.1) is 11.3 Å². The highest BCUT2D eigenvalue weighted by molar-refractivity contribution is 7.09. The van der Waals surface area contributed by atoms with Crippen molar-refractivity contribution in [1.29, 1.82) is 0 Å². The molecule has 1 atom stereocenters. The van der Waals surface area contributed by atoms with E-state index in [-0.39, 0.29) is 0 Å². The molecule has 1 aromatic heterocycles. The summed E-state index contributed by atoms with van der Waals surface area (Å²) in [5.41, 5.74) is 2.49. The number of ether oxygens (including phenoxy) is 1. The maximum absolute atomic E-state index is 5.48. The first-order valence-corrected chi connectivity index (χ1v) is 11.4. The van der Waals surface area contributed by atoms with Gasteiger partial charge in [-0.05, 0) is 61.7 Å². The van der Waals surface area contributed by atoms with E-state index in [4.69, 9.17) is 4.74 Å². The van der Waals surface area contributed by atoms with Crippen LogP contribution in [0.4, 0.5) is 0 Å². The maximum Gasteiger partial charge on any atom is 0.190 e. The van der Waals surface area contributed by atoms with E-state index in [0.29, 0.717) is 5.92 Å². The monoisotopic (exact) mass is 414 g/mol. The summed E-state index contributed by atoms with van der Waals surface area (Å²) >= 11 is 1.85. The van der Waals surface area contributed by atoms with E-state index in [1.54, 1.807) is 7.11 Å². The van der Waals surface area contributed by atoms with Gasteiger partial charge in [-0.3, -0.25) is 9.89 Å². The molecule has 0 amide bonds. The fraction of sp³-hybridized carbons (Fsp3) is 0.522. The van der Waals surface area contributed by atoms with Gasteiger partial charge in [-0.2, -0.15) is 0 Å². The van der Waals surface area contributed by atoms with Crippen molar-refractivity contribution in [1.82, 2.24) is 15.5 Å². The largest absolute Gasteiger partial charge is 0.496 e. The Morgan fingerprint density at radius 1 is 1.31 bits per heavy atom. The van der Waals surface area contributed by atoms with Crippen molar-refractivity contribution in [3.05, 3.63) is 51.7 Å². The van der Waals surface area contributed by atoms with Gasteiger partial charge in [0, 0.05) is 38.1 Å². The van der Waals surface area contributed by atoms with E-state index in [9.17, 15) is 0 Å². The zero-order valence-electron chi connectivity index (χ0n) is 17.9. The Labute approximate surface area is 179 Å². The quantitative estimate of drug-likeness (QED) is 0.511. The van der Waals surface area contributed by atoms with Crippen LogP contribution >= 0.6 is 11.3 Å². The number of thiophene rings is 1. The van der Waals surface area contributed by atoms with Crippen LogP contribution < -0.4 is 15.4 Å². The minimum absolute atomic E-state index is 0.666. The highest BCUT2D eigenvalue weighted by atomic mass is 32.1. The van der Waals surface area contributed by atoms with E-state index in [2.05, 4.69) is 57.1 Å². The summed E-state index contributed by atoms with van der Waals surface area (Å²) in [5.74, 6) is 2.50. The van der Waals surface area contributed by atoms with Gasteiger partial charge in [0.15, 0.2) is 5.96 Å². The molecule has 0 spiro atoms. The molecule has 158 valence electrons. The van der Waals surface area contributed by atoms with E-state index >= 15 is 0 Å². The summed E-state index contributed by atoms with van der Waals surface area (Å²) in [6.45, 7) is 7.35. The molecule has 1 saturated heterocycles. The smallest absolute Gasteiger partial charge is 0.190 e. The minimum Gasteiger partial charge on any atom is -0.496 e. The molecule has 5 nitrogen and oxygen atoms in total. The number of rotatable bonds is 8. The Bertz CT molecular complexity index is 775. The van der Waals surface area contributed by atoms with E-state index < -0.39 is 0 Å². The van der Waals surface area contributed by atoms with Crippen molar-refractivity contribution in [3.8, 4) is 5.75 Å². The van der Waals surface area contributed by atoms with Crippen molar-refractivity contribution in [2.75, 3.05) is 40.3 Å². The second-order valence-electron chi connectivity index (χ2n) is 7.77. The third-order valence-electron chi connectivity index (χ3n) is 5.47. The lowest BCUT2D eigenvalue weighted by Gasteiger charge is -2.32. The highest BCUT2D eigenvalue weighted by Gasteiger charge is 2.20. The van der Waals surface area contributed by atoms with Crippen LogP contribution in [0.1, 0.15) is 28.8 Å². The second kappa shape index (κ2) is 11.2. The van der Waals surface area contributed by atoms with Gasteiger partial charge in [0.2, 0.25) is 0 Å². The first kappa shape index (κ1) is 21.7. The Morgan fingerprint density at radius 3 is 2.97 bits per heavy atom. The minimum atomic E-state index is 0.666. The predicted octanol–water partition coefficient (Wildman–Crippen LogP) is 3.68. The Hall–Kier alpha value is -2.05. The predicted molar refractivity (Wildman–Crippen MR) is 123 cm³/mol. The van der Waals surface area contributed by atoms with Gasteiger partial charge in [0.05, 0.1) is 7.11 Å². The van der Waals surface area contributed by atoms with Crippen LogP contribution in [0, 0.1) is 12.8 Å². The molecule has 3 rings (SSSR count). The second-order valence-corrected chi connectivity index (χ2v) is 8.80. The summed E-state index contributed by atoms with van der Waals surface area (Å²) in [7, 11) is 3.57. The summed E-state index contributed by atoms with van der Waals surface area (Å²) in [5, 5.41) is 9.14. The molecule has 1 aliphatic heterocycles. The van der Waals surface area contributed by atoms with E-state index in [0.717, 1.165) is 44.3 Å². The zero-order chi connectivity index (χ0) is 20.5. The first-order valence-electron chi connectivity index (χ1n) is 10.5. The van der Waals surface area contributed by atoms with Crippen LogP contribution in [-0.4, -0.2) is 51.2 Å². The van der Waals surface area contributed by atoms with Crippen LogP contribution in [0.25, 0.3) is 0 Å². The maximum atomic E-state index is 5.48. The lowest BCUT2D eigenvalue weighted by molar-refractivity contribution is 0.169. The molecule has 0 aliphatic carbocycles. The number of nitrogens with one attached hydrogen (secondary N) is 2. The van der Waals surface area contributed by atoms with Gasteiger partial charge in [0.1, 0.15) is 5.75 Å². The molecule has 29 heavy (non-hydrogen) atoms. The number of piperidine rings is 1. The number of guanidine groups is 1. The fourth-order valence-electron chi connectivity index (χ4n) is 3.96. The van der Waals surface area contributed by atoms with Gasteiger partial charge < -0.3 is 15.4 Å². The summed E-state index contributed by atoms with van der Waals surface area (Å²) < 4.78 is 5.48. The van der Waals surface area contributed by atoms with E-state index in [1.165, 1.54) is 35.4 Å². The van der Waals surface area contributed by atoms with Crippen molar-refractivity contribution in [2.24, 2.45) is 10.9 Å². The van der Waals surface area contributed by atoms with Gasteiger partial charge in [-0.25, -0.2) is 0 Å². The van der Waals surface area contributed by atoms with Gasteiger partial charge >= 0.3 is 0 Å². The number of nitrogens with zero attached hydrogens (tertiary/aromatic N) is 2. The number of likely N-dealkylation sites (tertiary alicyclic amines) is 1. The van der Waals surface area contributed by atoms with Crippen molar-refractivity contribution in [2.45, 2.75) is 32.7 Å². The first-order chi connectivity index (χ1) is 14.2. The van der Waals surface area contributed by atoms with Crippen molar-refractivity contribution in [3.63, 3.8) is 0 Å². The standard InChI is InChI=1S/C23H34N4OS/c1-18-8-9-22(28-3)20(14-18)10-11-25-23(24-2)26-15-19-6-4-12-27(16-19)17-21-7-5-13-29-21/h5,7-9,13-14,19H,4,6,10-12,15-17H2,1-3H3,(H2,24,25,26). The van der Waals surface area contributed by atoms with E-state index in [1.807, 2.05) is 24.5 Å². The molecule has 2 heterocycles. The molecule has 6 heteroatoms. The van der Waals surface area contributed by atoms with Crippen LogP contribution in [0.5, 0.6) is 5.75 Å². The number of hydrogen-bond acceptors (Lipinski definition) is 4. The van der Waals surface area contributed by atoms with Crippen LogP contribution in [0.15, 0.2) is 40.7 Å². The molecule has 1 aliphatic rings. The highest BCUT2D eigenvalue weighted by Crippen LogP contribution is 2.21. The number of aliphatic imine (C=N–C) groups is 1. The molecule has 1 unspecified atom stereocenters. The van der Waals surface area contributed by atoms with Crippen LogP contribution in [0.2, 0.25) is 0 Å². The molecule has 0 saturated carbocycles. The number of aryl methyl sites for hydroxylation is 1. The van der Waals surface area contributed by atoms with Crippen LogP contribution in [0.3, 0.4) is 0 Å². The normalized spacial score (nSPS) is 17.9. The summed E-state index contributed by atoms with van der Waals surface area (Å²) in [6, 6.07) is 10.7. The third kappa shape index (κ3) is 6.75. The Balaban J connectivity index is 1.41. The topological polar surface area (TPSA) is 48.9 Å². The number of hydrogen-bond donors (Lipinski definition) is 2. The lowest BCUT2D eigenvalue weighted by Crippen LogP contribution is -2.44. The van der Waals surface area contributed by atoms with Crippen molar-refractivity contribution < 1.29 is 4.74 Å². The molecule has 0 bridgehead atoms. The Morgan fingerprint density at radius 2 is 2.21 bits per heavy atom. The SMILES string of the molecule is CN=C(NCCc1cc(C)ccc1OC)NCC1CCCN(Cc2cccs2)C1. The average molecular weight is 415 g/mol. The lowest BCUT2D eigenvalue weighted by atomic mass is 9.98. The summed E-state index contributed by atoms with van der Waals surface area (Å²) in [4.78, 5) is 8.44. The van der Waals surface area contributed by atoms with Crippen LogP contribution in [-0.2, 0) is 13.0 Å². The summed E-state index contributed by atoms with van der Waals surface area (Å²) in [6.07, 6.45) is 3.46. The zero-order valence-corrected chi connectivity index (χ0v) is 18.7. The van der Waals surface area contributed by atoms with Gasteiger partial charge in [0.25, 0.3) is 0 Å². The fourth-order valence-corrected chi connectivity index (χ4v) is 4.71. The number of methoxy groups -OCH3 is 1. The molecule has 2 aromatic rings. The molecular formula is C23H34N4OS. The molecule has 1 fully saturated rings. The van der Waals surface area contributed by atoms with Crippen molar-refractivity contribution >= 4 is 17.3 Å². The number of benzene rings is 1. The average Bonchev–Trinajstić information content (AvgIpc) is 3.24. The molecule has 0 radical (unpaired) electrons. The Kier molecular flexibility index (Phi) is 8.38. The molecular weight excluding hydrogens is 380 g/mol. The molecule has 2 N–H and O–H groups in total. The third-order valence-corrected chi connectivity index (χ3v) is 6.33. The van der Waals surface area contributed by atoms with Gasteiger partial charge in [-0.1, -0.05) is 23.8 Å². The molecule has 1 aromatic carbocycles.